The highest BCUT2D eigenvalue weighted by Crippen LogP contribution is 2.28. The van der Waals surface area contributed by atoms with E-state index in [9.17, 15) is 0 Å². The maximum atomic E-state index is 5.81. The predicted octanol–water partition coefficient (Wildman–Crippen LogP) is 4.22. The summed E-state index contributed by atoms with van der Waals surface area (Å²) in [5, 5.41) is 1.13. The lowest BCUT2D eigenvalue weighted by molar-refractivity contribution is 0.835. The van der Waals surface area contributed by atoms with E-state index in [0.29, 0.717) is 0 Å². The average Bonchev–Trinajstić information content (AvgIpc) is 2.75. The van der Waals surface area contributed by atoms with Crippen LogP contribution in [0.3, 0.4) is 0 Å². The SMILES string of the molecule is CC(N)c1cnc(CSc2cccc(Br)c2)s1. The molecule has 1 heterocycles. The van der Waals surface area contributed by atoms with Crippen molar-refractivity contribution in [3.05, 3.63) is 44.8 Å². The van der Waals surface area contributed by atoms with Crippen LogP contribution in [-0.2, 0) is 5.75 Å². The molecule has 90 valence electrons. The summed E-state index contributed by atoms with van der Waals surface area (Å²) in [6.07, 6.45) is 1.88. The van der Waals surface area contributed by atoms with Gasteiger partial charge >= 0.3 is 0 Å². The minimum absolute atomic E-state index is 0.0807. The van der Waals surface area contributed by atoms with Crippen molar-refractivity contribution >= 4 is 39.0 Å². The molecule has 2 rings (SSSR count). The molecule has 0 bridgehead atoms. The monoisotopic (exact) mass is 328 g/mol. The second-order valence-corrected chi connectivity index (χ2v) is 6.80. The molecular weight excluding hydrogens is 316 g/mol. The summed E-state index contributed by atoms with van der Waals surface area (Å²) in [5.41, 5.74) is 5.81. The van der Waals surface area contributed by atoms with Crippen LogP contribution in [-0.4, -0.2) is 4.98 Å². The second-order valence-electron chi connectivity index (χ2n) is 3.69. The first-order chi connectivity index (χ1) is 8.15. The van der Waals surface area contributed by atoms with Crippen molar-refractivity contribution < 1.29 is 0 Å². The molecule has 1 aromatic heterocycles. The molecule has 0 spiro atoms. The summed E-state index contributed by atoms with van der Waals surface area (Å²) in [5.74, 6) is 0.897. The zero-order valence-electron chi connectivity index (χ0n) is 9.39. The van der Waals surface area contributed by atoms with Gasteiger partial charge in [-0.2, -0.15) is 0 Å². The number of rotatable bonds is 4. The predicted molar refractivity (Wildman–Crippen MR) is 78.4 cm³/mol. The topological polar surface area (TPSA) is 38.9 Å². The number of benzene rings is 1. The lowest BCUT2D eigenvalue weighted by atomic mass is 10.3. The standard InChI is InChI=1S/C12H13BrN2S2/c1-8(14)11-6-15-12(17-11)7-16-10-4-2-3-9(13)5-10/h2-6,8H,7,14H2,1H3. The van der Waals surface area contributed by atoms with Crippen molar-refractivity contribution in [3.8, 4) is 0 Å². The summed E-state index contributed by atoms with van der Waals surface area (Å²) < 4.78 is 1.11. The van der Waals surface area contributed by atoms with E-state index in [-0.39, 0.29) is 6.04 Å². The van der Waals surface area contributed by atoms with Crippen molar-refractivity contribution in [2.24, 2.45) is 5.73 Å². The van der Waals surface area contributed by atoms with Gasteiger partial charge in [0.2, 0.25) is 0 Å². The molecule has 2 nitrogen and oxygen atoms in total. The lowest BCUT2D eigenvalue weighted by Gasteiger charge is -2.00. The van der Waals surface area contributed by atoms with Crippen molar-refractivity contribution in [2.75, 3.05) is 0 Å². The van der Waals surface area contributed by atoms with E-state index in [1.807, 2.05) is 25.3 Å². The number of hydrogen-bond acceptors (Lipinski definition) is 4. The molecule has 1 atom stereocenters. The summed E-state index contributed by atoms with van der Waals surface area (Å²) in [6, 6.07) is 8.38. The first-order valence-electron chi connectivity index (χ1n) is 5.23. The van der Waals surface area contributed by atoms with Gasteiger partial charge in [0.1, 0.15) is 5.01 Å². The number of thioether (sulfide) groups is 1. The van der Waals surface area contributed by atoms with E-state index in [1.54, 1.807) is 23.1 Å². The molecule has 1 unspecified atom stereocenters. The summed E-state index contributed by atoms with van der Waals surface area (Å²) in [6.45, 7) is 1.98. The molecule has 0 fully saturated rings. The lowest BCUT2D eigenvalue weighted by Crippen LogP contribution is -2.01. The fourth-order valence-corrected chi connectivity index (χ4v) is 3.69. The van der Waals surface area contributed by atoms with Crippen LogP contribution in [0.4, 0.5) is 0 Å². The van der Waals surface area contributed by atoms with Crippen LogP contribution in [0.1, 0.15) is 22.9 Å². The number of hydrogen-bond donors (Lipinski definition) is 1. The zero-order chi connectivity index (χ0) is 12.3. The Bertz CT molecular complexity index is 497. The van der Waals surface area contributed by atoms with Gasteiger partial charge in [-0.1, -0.05) is 22.0 Å². The van der Waals surface area contributed by atoms with Crippen LogP contribution in [0.25, 0.3) is 0 Å². The molecule has 1 aromatic carbocycles. The number of halogens is 1. The van der Waals surface area contributed by atoms with E-state index >= 15 is 0 Å². The molecule has 0 aliphatic carbocycles. The van der Waals surface area contributed by atoms with Gasteiger partial charge in [-0.3, -0.25) is 0 Å². The van der Waals surface area contributed by atoms with E-state index in [4.69, 9.17) is 5.73 Å². The van der Waals surface area contributed by atoms with Crippen LogP contribution in [0, 0.1) is 0 Å². The van der Waals surface area contributed by atoms with Crippen molar-refractivity contribution in [2.45, 2.75) is 23.6 Å². The second kappa shape index (κ2) is 6.00. The van der Waals surface area contributed by atoms with E-state index in [1.165, 1.54) is 4.90 Å². The Hall–Kier alpha value is -0.360. The maximum Gasteiger partial charge on any atom is 0.103 e. The Morgan fingerprint density at radius 1 is 1.53 bits per heavy atom. The summed E-state index contributed by atoms with van der Waals surface area (Å²) >= 11 is 6.95. The molecule has 5 heteroatoms. The zero-order valence-corrected chi connectivity index (χ0v) is 12.6. The van der Waals surface area contributed by atoms with Gasteiger partial charge in [-0.15, -0.1) is 23.1 Å². The Morgan fingerprint density at radius 2 is 2.35 bits per heavy atom. The Labute approximate surface area is 118 Å². The van der Waals surface area contributed by atoms with Gasteiger partial charge in [0, 0.05) is 26.5 Å². The van der Waals surface area contributed by atoms with Gasteiger partial charge in [-0.25, -0.2) is 4.98 Å². The molecule has 0 saturated carbocycles. The van der Waals surface area contributed by atoms with Gasteiger partial charge in [-0.05, 0) is 25.1 Å². The smallest absolute Gasteiger partial charge is 0.103 e. The van der Waals surface area contributed by atoms with Crippen molar-refractivity contribution in [1.82, 2.24) is 4.98 Å². The number of nitrogens with zero attached hydrogens (tertiary/aromatic N) is 1. The molecule has 17 heavy (non-hydrogen) atoms. The number of nitrogens with two attached hydrogens (primary N) is 1. The van der Waals surface area contributed by atoms with Crippen molar-refractivity contribution in [3.63, 3.8) is 0 Å². The van der Waals surface area contributed by atoms with E-state index in [2.05, 4.69) is 33.0 Å². The summed E-state index contributed by atoms with van der Waals surface area (Å²) in [4.78, 5) is 6.78. The fraction of sp³-hybridized carbons (Fsp3) is 0.250. The Balaban J connectivity index is 1.97. The van der Waals surface area contributed by atoms with E-state index in [0.717, 1.165) is 20.1 Å². The number of aromatic nitrogens is 1. The van der Waals surface area contributed by atoms with Gasteiger partial charge in [0.15, 0.2) is 0 Å². The third-order valence-electron chi connectivity index (χ3n) is 2.18. The molecule has 0 aliphatic heterocycles. The third kappa shape index (κ3) is 3.81. The van der Waals surface area contributed by atoms with Gasteiger partial charge < -0.3 is 5.73 Å². The molecule has 0 saturated heterocycles. The van der Waals surface area contributed by atoms with Crippen molar-refractivity contribution in [1.29, 1.82) is 0 Å². The fourth-order valence-electron chi connectivity index (χ4n) is 1.30. The van der Waals surface area contributed by atoms with Crippen LogP contribution in [0.15, 0.2) is 39.8 Å². The average molecular weight is 329 g/mol. The van der Waals surface area contributed by atoms with Crippen LogP contribution >= 0.6 is 39.0 Å². The largest absolute Gasteiger partial charge is 0.323 e. The summed E-state index contributed by atoms with van der Waals surface area (Å²) in [7, 11) is 0. The Kier molecular flexibility index (Phi) is 4.62. The van der Waals surface area contributed by atoms with Gasteiger partial charge in [0.25, 0.3) is 0 Å². The highest BCUT2D eigenvalue weighted by molar-refractivity contribution is 9.10. The molecule has 0 amide bonds. The van der Waals surface area contributed by atoms with E-state index < -0.39 is 0 Å². The van der Waals surface area contributed by atoms with Crippen LogP contribution in [0.5, 0.6) is 0 Å². The first kappa shape index (κ1) is 13.1. The minimum atomic E-state index is 0.0807. The maximum absolute atomic E-state index is 5.81. The molecule has 2 aromatic rings. The van der Waals surface area contributed by atoms with Crippen LogP contribution < -0.4 is 5.73 Å². The quantitative estimate of drug-likeness (QED) is 0.854. The van der Waals surface area contributed by atoms with Gasteiger partial charge in [0.05, 0.1) is 5.75 Å². The van der Waals surface area contributed by atoms with Crippen LogP contribution in [0.2, 0.25) is 0 Å². The molecule has 2 N–H and O–H groups in total. The Morgan fingerprint density at radius 3 is 3.00 bits per heavy atom. The highest BCUT2D eigenvalue weighted by Gasteiger charge is 2.06. The highest BCUT2D eigenvalue weighted by atomic mass is 79.9. The molecule has 0 radical (unpaired) electrons. The minimum Gasteiger partial charge on any atom is -0.323 e. The normalized spacial score (nSPS) is 12.6. The first-order valence-corrected chi connectivity index (χ1v) is 7.83. The molecular formula is C12H13BrN2S2. The third-order valence-corrected chi connectivity index (χ3v) is 5.06. The molecule has 0 aliphatic rings. The number of thiazole rings is 1.